The molecule has 0 bridgehead atoms. The number of carbonyl (C=O) groups excluding carboxylic acids is 1. The van der Waals surface area contributed by atoms with Crippen molar-refractivity contribution in [1.29, 1.82) is 0 Å². The number of hydrogen-bond donors (Lipinski definition) is 1. The number of halogens is 2. The topological polar surface area (TPSA) is 46.9 Å². The highest BCUT2D eigenvalue weighted by molar-refractivity contribution is 5.93. The van der Waals surface area contributed by atoms with Crippen LogP contribution in [0.2, 0.25) is 0 Å². The fraction of sp³-hybridized carbons (Fsp3) is 0.600. The number of rotatable bonds is 2. The van der Waals surface area contributed by atoms with Gasteiger partial charge in [-0.1, -0.05) is 0 Å². The van der Waals surface area contributed by atoms with E-state index in [0.29, 0.717) is 5.82 Å². The van der Waals surface area contributed by atoms with Gasteiger partial charge in [-0.2, -0.15) is 5.10 Å². The second kappa shape index (κ2) is 3.54. The van der Waals surface area contributed by atoms with Crippen LogP contribution in [0.25, 0.3) is 0 Å². The van der Waals surface area contributed by atoms with Gasteiger partial charge in [0.05, 0.1) is 0 Å². The third-order valence-corrected chi connectivity index (χ3v) is 2.71. The lowest BCUT2D eigenvalue weighted by molar-refractivity contribution is -0.145. The molecule has 1 aliphatic rings. The number of alkyl halides is 2. The highest BCUT2D eigenvalue weighted by Crippen LogP contribution is 2.42. The van der Waals surface area contributed by atoms with Crippen LogP contribution in [-0.2, 0) is 11.8 Å². The highest BCUT2D eigenvalue weighted by Gasteiger charge is 2.48. The van der Waals surface area contributed by atoms with E-state index in [9.17, 15) is 13.6 Å². The molecule has 1 saturated carbocycles. The number of aryl methyl sites for hydroxylation is 2. The van der Waals surface area contributed by atoms with E-state index in [1.54, 1.807) is 24.9 Å². The van der Waals surface area contributed by atoms with Gasteiger partial charge in [-0.3, -0.25) is 9.48 Å². The molecule has 0 aromatic carbocycles. The molecule has 1 N–H and O–H groups in total. The van der Waals surface area contributed by atoms with Crippen LogP contribution in [0.15, 0.2) is 6.20 Å². The number of hydrogen-bond acceptors (Lipinski definition) is 2. The average Bonchev–Trinajstić information content (AvgIpc) is 2.41. The van der Waals surface area contributed by atoms with Gasteiger partial charge in [0.25, 0.3) is 0 Å². The van der Waals surface area contributed by atoms with Crippen molar-refractivity contribution in [3.05, 3.63) is 11.8 Å². The van der Waals surface area contributed by atoms with Crippen molar-refractivity contribution in [3.63, 3.8) is 0 Å². The van der Waals surface area contributed by atoms with Crippen molar-refractivity contribution in [2.24, 2.45) is 13.0 Å². The van der Waals surface area contributed by atoms with E-state index in [1.807, 2.05) is 0 Å². The summed E-state index contributed by atoms with van der Waals surface area (Å²) in [5.74, 6) is -3.17. The van der Waals surface area contributed by atoms with E-state index in [2.05, 4.69) is 10.4 Å². The molecule has 0 aliphatic heterocycles. The number of nitrogens with zero attached hydrogens (tertiary/aromatic N) is 2. The molecule has 1 fully saturated rings. The van der Waals surface area contributed by atoms with Gasteiger partial charge < -0.3 is 5.32 Å². The maximum absolute atomic E-state index is 12.6. The Morgan fingerprint density at radius 1 is 1.62 bits per heavy atom. The van der Waals surface area contributed by atoms with Crippen molar-refractivity contribution in [3.8, 4) is 0 Å². The van der Waals surface area contributed by atoms with Crippen molar-refractivity contribution in [1.82, 2.24) is 9.78 Å². The molecule has 16 heavy (non-hydrogen) atoms. The normalized spacial score (nSPS) is 19.2. The lowest BCUT2D eigenvalue weighted by Crippen LogP contribution is -2.42. The summed E-state index contributed by atoms with van der Waals surface area (Å²) >= 11 is 0. The zero-order valence-electron chi connectivity index (χ0n) is 9.13. The Hall–Kier alpha value is -1.46. The molecule has 1 aromatic rings. The Bertz CT molecular complexity index is 420. The average molecular weight is 229 g/mol. The first-order valence-corrected chi connectivity index (χ1v) is 5.06. The van der Waals surface area contributed by atoms with Gasteiger partial charge in [0, 0.05) is 37.6 Å². The van der Waals surface area contributed by atoms with Crippen LogP contribution in [0.4, 0.5) is 14.6 Å². The number of anilines is 1. The summed E-state index contributed by atoms with van der Waals surface area (Å²) in [5, 5.41) is 6.59. The third kappa shape index (κ3) is 2.05. The summed E-state index contributed by atoms with van der Waals surface area (Å²) < 4.78 is 26.7. The number of aromatic nitrogens is 2. The van der Waals surface area contributed by atoms with E-state index < -0.39 is 11.8 Å². The first-order valence-electron chi connectivity index (χ1n) is 5.06. The minimum Gasteiger partial charge on any atom is -0.309 e. The quantitative estimate of drug-likeness (QED) is 0.839. The summed E-state index contributed by atoms with van der Waals surface area (Å²) in [6.07, 6.45) is 1.04. The van der Waals surface area contributed by atoms with Crippen molar-refractivity contribution >= 4 is 11.7 Å². The molecule has 6 heteroatoms. The van der Waals surface area contributed by atoms with Crippen LogP contribution in [-0.4, -0.2) is 21.6 Å². The molecular weight excluding hydrogens is 216 g/mol. The van der Waals surface area contributed by atoms with E-state index in [-0.39, 0.29) is 18.7 Å². The van der Waals surface area contributed by atoms with Crippen LogP contribution in [0, 0.1) is 12.8 Å². The summed E-state index contributed by atoms with van der Waals surface area (Å²) in [6.45, 7) is 1.80. The summed E-state index contributed by atoms with van der Waals surface area (Å²) in [5.41, 5.74) is 0.821. The fourth-order valence-electron chi connectivity index (χ4n) is 1.80. The molecule has 0 atom stereocenters. The standard InChI is InChI=1S/C10H13F2N3O/c1-6-5-15(2)14-8(6)13-9(16)7-3-10(11,12)4-7/h5,7H,3-4H2,1-2H3,(H,13,14,16). The van der Waals surface area contributed by atoms with E-state index >= 15 is 0 Å². The number of amides is 1. The second-order valence-electron chi connectivity index (χ2n) is 4.28. The van der Waals surface area contributed by atoms with Crippen molar-refractivity contribution < 1.29 is 13.6 Å². The minimum atomic E-state index is -2.67. The SMILES string of the molecule is Cc1cn(C)nc1NC(=O)C1CC(F)(F)C1. The van der Waals surface area contributed by atoms with E-state index in [4.69, 9.17) is 0 Å². The Balaban J connectivity index is 1.96. The Morgan fingerprint density at radius 2 is 2.25 bits per heavy atom. The Labute approximate surface area is 91.6 Å². The lowest BCUT2D eigenvalue weighted by Gasteiger charge is -2.33. The first-order chi connectivity index (χ1) is 7.37. The van der Waals surface area contributed by atoms with Crippen LogP contribution in [0.1, 0.15) is 18.4 Å². The predicted molar refractivity (Wildman–Crippen MR) is 54.2 cm³/mol. The molecule has 1 amide bonds. The maximum atomic E-state index is 12.6. The zero-order chi connectivity index (χ0) is 11.9. The van der Waals surface area contributed by atoms with E-state index in [0.717, 1.165) is 5.56 Å². The number of carbonyl (C=O) groups is 1. The van der Waals surface area contributed by atoms with Gasteiger partial charge in [-0.15, -0.1) is 0 Å². The van der Waals surface area contributed by atoms with Gasteiger partial charge in [0.15, 0.2) is 5.82 Å². The van der Waals surface area contributed by atoms with Gasteiger partial charge >= 0.3 is 0 Å². The zero-order valence-corrected chi connectivity index (χ0v) is 9.13. The summed E-state index contributed by atoms with van der Waals surface area (Å²) in [7, 11) is 1.74. The molecule has 0 radical (unpaired) electrons. The summed E-state index contributed by atoms with van der Waals surface area (Å²) in [4.78, 5) is 11.6. The fourth-order valence-corrected chi connectivity index (χ4v) is 1.80. The molecule has 88 valence electrons. The van der Waals surface area contributed by atoms with Crippen molar-refractivity contribution in [2.45, 2.75) is 25.7 Å². The van der Waals surface area contributed by atoms with Gasteiger partial charge in [-0.25, -0.2) is 8.78 Å². The largest absolute Gasteiger partial charge is 0.309 e. The predicted octanol–water partition coefficient (Wildman–Crippen LogP) is 1.71. The minimum absolute atomic E-state index is 0.356. The molecule has 1 aromatic heterocycles. The molecule has 2 rings (SSSR count). The van der Waals surface area contributed by atoms with Gasteiger partial charge in [0.2, 0.25) is 11.8 Å². The highest BCUT2D eigenvalue weighted by atomic mass is 19.3. The molecule has 0 unspecified atom stereocenters. The molecule has 1 heterocycles. The smallest absolute Gasteiger partial charge is 0.249 e. The maximum Gasteiger partial charge on any atom is 0.249 e. The Morgan fingerprint density at radius 3 is 2.69 bits per heavy atom. The Kier molecular flexibility index (Phi) is 2.44. The molecule has 0 saturated heterocycles. The van der Waals surface area contributed by atoms with Crippen LogP contribution >= 0.6 is 0 Å². The first kappa shape index (κ1) is 11.0. The van der Waals surface area contributed by atoms with Crippen molar-refractivity contribution in [2.75, 3.05) is 5.32 Å². The second-order valence-corrected chi connectivity index (χ2v) is 4.28. The summed E-state index contributed by atoms with van der Waals surface area (Å²) in [6, 6.07) is 0. The molecule has 4 nitrogen and oxygen atoms in total. The lowest BCUT2D eigenvalue weighted by atomic mass is 9.81. The molecule has 1 aliphatic carbocycles. The van der Waals surface area contributed by atoms with Crippen LogP contribution < -0.4 is 5.32 Å². The monoisotopic (exact) mass is 229 g/mol. The van der Waals surface area contributed by atoms with Crippen LogP contribution in [0.3, 0.4) is 0 Å². The van der Waals surface area contributed by atoms with E-state index in [1.165, 1.54) is 0 Å². The van der Waals surface area contributed by atoms with Gasteiger partial charge in [-0.05, 0) is 6.92 Å². The molecular formula is C10H13F2N3O. The molecule has 0 spiro atoms. The van der Waals surface area contributed by atoms with Crippen LogP contribution in [0.5, 0.6) is 0 Å². The third-order valence-electron chi connectivity index (χ3n) is 2.71. The number of nitrogens with one attached hydrogen (secondary N) is 1. The van der Waals surface area contributed by atoms with Gasteiger partial charge in [0.1, 0.15) is 0 Å².